The minimum absolute atomic E-state index is 0.217. The van der Waals surface area contributed by atoms with Gasteiger partial charge in [-0.15, -0.1) is 0 Å². The molecule has 0 saturated heterocycles. The van der Waals surface area contributed by atoms with Gasteiger partial charge in [0.1, 0.15) is 11.1 Å². The largest absolute Gasteiger partial charge is 0.374 e. The van der Waals surface area contributed by atoms with E-state index in [0.717, 1.165) is 12.5 Å². The summed E-state index contributed by atoms with van der Waals surface area (Å²) < 4.78 is 2.55. The summed E-state index contributed by atoms with van der Waals surface area (Å²) in [5, 5.41) is 12.6. The summed E-state index contributed by atoms with van der Waals surface area (Å²) in [4.78, 5) is 11.1. The molecule has 0 unspecified atom stereocenters. The van der Waals surface area contributed by atoms with Gasteiger partial charge in [0.2, 0.25) is 0 Å². The number of nitrogens with one attached hydrogen (secondary N) is 2. The Bertz CT molecular complexity index is 410. The van der Waals surface area contributed by atoms with Crippen molar-refractivity contribution in [1.82, 2.24) is 4.37 Å². The maximum absolute atomic E-state index is 11.1. The van der Waals surface area contributed by atoms with Gasteiger partial charge >= 0.3 is 0 Å². The third-order valence-corrected chi connectivity index (χ3v) is 3.43. The molecular weight excluding hydrogens is 198 g/mol. The van der Waals surface area contributed by atoms with Gasteiger partial charge in [-0.3, -0.25) is 9.17 Å². The molecule has 1 aliphatic rings. The third-order valence-electron chi connectivity index (χ3n) is 2.59. The summed E-state index contributed by atoms with van der Waals surface area (Å²) in [5.74, 6) is 0.721. The lowest BCUT2D eigenvalue weighted by atomic mass is 9.85. The molecule has 1 fully saturated rings. The van der Waals surface area contributed by atoms with E-state index in [1.807, 2.05) is 6.07 Å². The zero-order chi connectivity index (χ0) is 9.97. The van der Waals surface area contributed by atoms with Crippen LogP contribution >= 0.6 is 11.5 Å². The lowest BCUT2D eigenvalue weighted by Crippen LogP contribution is -2.21. The number of nitriles is 1. The van der Waals surface area contributed by atoms with Gasteiger partial charge in [-0.2, -0.15) is 5.26 Å². The molecule has 1 heterocycles. The first kappa shape index (κ1) is 9.28. The van der Waals surface area contributed by atoms with Crippen molar-refractivity contribution < 1.29 is 0 Å². The second kappa shape index (κ2) is 3.84. The highest BCUT2D eigenvalue weighted by Crippen LogP contribution is 2.27. The van der Waals surface area contributed by atoms with Crippen molar-refractivity contribution in [2.45, 2.75) is 19.3 Å². The number of nitrogens with zero attached hydrogens (tertiary/aromatic N) is 1. The summed E-state index contributed by atoms with van der Waals surface area (Å²) in [7, 11) is 0. The molecule has 2 rings (SSSR count). The Hall–Kier alpha value is -1.28. The van der Waals surface area contributed by atoms with E-state index in [1.165, 1.54) is 30.8 Å². The van der Waals surface area contributed by atoms with Gasteiger partial charge in [-0.1, -0.05) is 6.42 Å². The zero-order valence-corrected chi connectivity index (χ0v) is 8.49. The van der Waals surface area contributed by atoms with Crippen molar-refractivity contribution in [2.24, 2.45) is 5.92 Å². The Morgan fingerprint density at radius 2 is 2.43 bits per heavy atom. The SMILES string of the molecule is N#Cc1c(NCC2CCC2)s[nH]c1=O. The molecule has 0 aromatic carbocycles. The van der Waals surface area contributed by atoms with Crippen LogP contribution in [-0.4, -0.2) is 10.9 Å². The van der Waals surface area contributed by atoms with Crippen LogP contribution in [0.2, 0.25) is 0 Å². The molecule has 0 amide bonds. The van der Waals surface area contributed by atoms with Crippen LogP contribution in [0.1, 0.15) is 24.8 Å². The minimum atomic E-state index is -0.284. The van der Waals surface area contributed by atoms with Crippen molar-refractivity contribution in [1.29, 1.82) is 5.26 Å². The van der Waals surface area contributed by atoms with Crippen LogP contribution in [0.3, 0.4) is 0 Å². The molecule has 1 saturated carbocycles. The van der Waals surface area contributed by atoms with Gasteiger partial charge in [0.15, 0.2) is 5.56 Å². The lowest BCUT2D eigenvalue weighted by Gasteiger charge is -2.25. The van der Waals surface area contributed by atoms with Crippen LogP contribution in [0.4, 0.5) is 5.00 Å². The monoisotopic (exact) mass is 209 g/mol. The van der Waals surface area contributed by atoms with Crippen molar-refractivity contribution in [3.05, 3.63) is 15.9 Å². The highest BCUT2D eigenvalue weighted by Gasteiger charge is 2.18. The first-order valence-electron chi connectivity index (χ1n) is 4.66. The number of anilines is 1. The molecule has 0 bridgehead atoms. The Labute approximate surface area is 85.7 Å². The fraction of sp³-hybridized carbons (Fsp3) is 0.556. The zero-order valence-electron chi connectivity index (χ0n) is 7.67. The van der Waals surface area contributed by atoms with Gasteiger partial charge in [0.05, 0.1) is 0 Å². The molecular formula is C9H11N3OS. The van der Waals surface area contributed by atoms with E-state index in [9.17, 15) is 4.79 Å². The maximum atomic E-state index is 11.1. The average molecular weight is 209 g/mol. The molecule has 0 radical (unpaired) electrons. The first-order chi connectivity index (χ1) is 6.81. The van der Waals surface area contributed by atoms with Gasteiger partial charge in [0.25, 0.3) is 5.56 Å². The second-order valence-corrected chi connectivity index (χ2v) is 4.34. The highest BCUT2D eigenvalue weighted by atomic mass is 32.1. The van der Waals surface area contributed by atoms with E-state index in [4.69, 9.17) is 5.26 Å². The molecule has 74 valence electrons. The summed E-state index contributed by atoms with van der Waals surface area (Å²) in [6.45, 7) is 0.877. The van der Waals surface area contributed by atoms with Crippen LogP contribution in [0.5, 0.6) is 0 Å². The molecule has 2 N–H and O–H groups in total. The maximum Gasteiger partial charge on any atom is 0.278 e. The van der Waals surface area contributed by atoms with Crippen LogP contribution in [0.25, 0.3) is 0 Å². The molecule has 1 aliphatic carbocycles. The Balaban J connectivity index is 2.01. The number of rotatable bonds is 3. The van der Waals surface area contributed by atoms with Crippen molar-refractivity contribution in [3.8, 4) is 6.07 Å². The van der Waals surface area contributed by atoms with Gasteiger partial charge in [-0.05, 0) is 30.3 Å². The number of hydrogen-bond donors (Lipinski definition) is 2. The fourth-order valence-electron chi connectivity index (χ4n) is 1.46. The van der Waals surface area contributed by atoms with E-state index >= 15 is 0 Å². The van der Waals surface area contributed by atoms with Crippen LogP contribution in [-0.2, 0) is 0 Å². The van der Waals surface area contributed by atoms with E-state index in [0.29, 0.717) is 5.00 Å². The Kier molecular flexibility index (Phi) is 2.55. The summed E-state index contributed by atoms with van der Waals surface area (Å²) >= 11 is 1.21. The highest BCUT2D eigenvalue weighted by molar-refractivity contribution is 7.10. The standard InChI is InChI=1S/C9H11N3OS/c10-4-7-8(13)12-14-9(7)11-5-6-2-1-3-6/h6,11H,1-3,5H2,(H,12,13). The molecule has 1 aromatic heterocycles. The molecule has 14 heavy (non-hydrogen) atoms. The molecule has 0 spiro atoms. The first-order valence-corrected chi connectivity index (χ1v) is 5.48. The van der Waals surface area contributed by atoms with Gasteiger partial charge < -0.3 is 5.32 Å². The van der Waals surface area contributed by atoms with Crippen LogP contribution in [0, 0.1) is 17.2 Å². The van der Waals surface area contributed by atoms with Crippen molar-refractivity contribution in [3.63, 3.8) is 0 Å². The van der Waals surface area contributed by atoms with E-state index in [1.54, 1.807) is 0 Å². The average Bonchev–Trinajstić information content (AvgIpc) is 2.44. The number of H-pyrrole nitrogens is 1. The van der Waals surface area contributed by atoms with Crippen LogP contribution in [0.15, 0.2) is 4.79 Å². The van der Waals surface area contributed by atoms with Crippen LogP contribution < -0.4 is 10.9 Å². The summed E-state index contributed by atoms with van der Waals surface area (Å²) in [6, 6.07) is 1.91. The van der Waals surface area contributed by atoms with Gasteiger partial charge in [-0.25, -0.2) is 0 Å². The van der Waals surface area contributed by atoms with Crippen molar-refractivity contribution >= 4 is 16.5 Å². The second-order valence-electron chi connectivity index (χ2n) is 3.53. The summed E-state index contributed by atoms with van der Waals surface area (Å²) in [6.07, 6.45) is 3.82. The molecule has 0 aliphatic heterocycles. The van der Waals surface area contributed by atoms with Gasteiger partial charge in [0, 0.05) is 6.54 Å². The van der Waals surface area contributed by atoms with E-state index in [-0.39, 0.29) is 11.1 Å². The Morgan fingerprint density at radius 1 is 1.64 bits per heavy atom. The number of aromatic amines is 1. The number of aromatic nitrogens is 1. The Morgan fingerprint density at radius 3 is 3.00 bits per heavy atom. The predicted molar refractivity (Wildman–Crippen MR) is 55.5 cm³/mol. The smallest absolute Gasteiger partial charge is 0.278 e. The fourth-order valence-corrected chi connectivity index (χ4v) is 2.16. The van der Waals surface area contributed by atoms with E-state index in [2.05, 4.69) is 9.69 Å². The molecule has 1 aromatic rings. The number of hydrogen-bond acceptors (Lipinski definition) is 4. The molecule has 5 heteroatoms. The molecule has 0 atom stereocenters. The lowest BCUT2D eigenvalue weighted by molar-refractivity contribution is 0.333. The van der Waals surface area contributed by atoms with E-state index < -0.39 is 0 Å². The minimum Gasteiger partial charge on any atom is -0.374 e. The predicted octanol–water partition coefficient (Wildman–Crippen LogP) is 1.52. The topological polar surface area (TPSA) is 68.7 Å². The normalized spacial score (nSPS) is 15.9. The van der Waals surface area contributed by atoms with Crippen molar-refractivity contribution in [2.75, 3.05) is 11.9 Å². The summed E-state index contributed by atoms with van der Waals surface area (Å²) in [5.41, 5.74) is -0.0667. The quantitative estimate of drug-likeness (QED) is 0.793. The molecule has 4 nitrogen and oxygen atoms in total. The third kappa shape index (κ3) is 1.66.